The van der Waals surface area contributed by atoms with Gasteiger partial charge in [-0.2, -0.15) is 0 Å². The number of hydrogen-bond acceptors (Lipinski definition) is 2. The molecule has 1 aromatic rings. The van der Waals surface area contributed by atoms with E-state index in [1.807, 2.05) is 7.05 Å². The average Bonchev–Trinajstić information content (AvgIpc) is 2.34. The van der Waals surface area contributed by atoms with Crippen LogP contribution in [0.5, 0.6) is 0 Å². The normalized spacial score (nSPS) is 15.4. The summed E-state index contributed by atoms with van der Waals surface area (Å²) >= 11 is 0. The van der Waals surface area contributed by atoms with E-state index < -0.39 is 0 Å². The maximum Gasteiger partial charge on any atom is 0.0699 e. The van der Waals surface area contributed by atoms with E-state index in [9.17, 15) is 0 Å². The Labute approximate surface area is 112 Å². The highest BCUT2D eigenvalue weighted by molar-refractivity contribution is 5.28. The minimum Gasteiger partial charge on any atom is -0.380 e. The highest BCUT2D eigenvalue weighted by atomic mass is 16.5. The Hall–Kier alpha value is -0.860. The molecular formula is C16H27NO. The molecule has 0 aromatic heterocycles. The number of rotatable bonds is 5. The SMILES string of the molecule is CNC(Cc1ccc(C(C)(C)C)cc1)C(C)OC. The van der Waals surface area contributed by atoms with Gasteiger partial charge in [0.05, 0.1) is 6.10 Å². The largest absolute Gasteiger partial charge is 0.380 e. The van der Waals surface area contributed by atoms with Gasteiger partial charge < -0.3 is 10.1 Å². The van der Waals surface area contributed by atoms with Crippen LogP contribution in [-0.4, -0.2) is 26.3 Å². The highest BCUT2D eigenvalue weighted by Crippen LogP contribution is 2.22. The van der Waals surface area contributed by atoms with Crippen LogP contribution in [0.4, 0.5) is 0 Å². The van der Waals surface area contributed by atoms with Gasteiger partial charge in [0.2, 0.25) is 0 Å². The molecule has 0 amide bonds. The Balaban J connectivity index is 2.74. The number of hydrogen-bond donors (Lipinski definition) is 1. The van der Waals surface area contributed by atoms with E-state index in [1.54, 1.807) is 7.11 Å². The van der Waals surface area contributed by atoms with Gasteiger partial charge in [-0.1, -0.05) is 45.0 Å². The lowest BCUT2D eigenvalue weighted by Gasteiger charge is -2.23. The molecular weight excluding hydrogens is 222 g/mol. The van der Waals surface area contributed by atoms with Crippen molar-refractivity contribution in [3.8, 4) is 0 Å². The Morgan fingerprint density at radius 3 is 2.11 bits per heavy atom. The van der Waals surface area contributed by atoms with Crippen molar-refractivity contribution in [2.45, 2.75) is 51.7 Å². The van der Waals surface area contributed by atoms with Crippen LogP contribution in [0.2, 0.25) is 0 Å². The smallest absolute Gasteiger partial charge is 0.0699 e. The molecule has 18 heavy (non-hydrogen) atoms. The second-order valence-electron chi connectivity index (χ2n) is 5.99. The average molecular weight is 249 g/mol. The fourth-order valence-corrected chi connectivity index (χ4v) is 2.06. The number of nitrogens with one attached hydrogen (secondary N) is 1. The predicted molar refractivity (Wildman–Crippen MR) is 78.2 cm³/mol. The van der Waals surface area contributed by atoms with Crippen LogP contribution >= 0.6 is 0 Å². The molecule has 0 saturated carbocycles. The molecule has 1 N–H and O–H groups in total. The maximum atomic E-state index is 5.39. The van der Waals surface area contributed by atoms with Gasteiger partial charge in [0.25, 0.3) is 0 Å². The van der Waals surface area contributed by atoms with Gasteiger partial charge in [-0.15, -0.1) is 0 Å². The Bertz CT molecular complexity index is 350. The first kappa shape index (κ1) is 15.2. The monoisotopic (exact) mass is 249 g/mol. The number of benzene rings is 1. The summed E-state index contributed by atoms with van der Waals surface area (Å²) in [5.74, 6) is 0. The Kier molecular flexibility index (Phi) is 5.36. The fourth-order valence-electron chi connectivity index (χ4n) is 2.06. The zero-order chi connectivity index (χ0) is 13.8. The van der Waals surface area contributed by atoms with Gasteiger partial charge >= 0.3 is 0 Å². The molecule has 0 fully saturated rings. The van der Waals surface area contributed by atoms with Crippen molar-refractivity contribution < 1.29 is 4.74 Å². The molecule has 1 aromatic carbocycles. The van der Waals surface area contributed by atoms with Crippen molar-refractivity contribution in [3.63, 3.8) is 0 Å². The zero-order valence-corrected chi connectivity index (χ0v) is 12.6. The van der Waals surface area contributed by atoms with Crippen molar-refractivity contribution in [2.75, 3.05) is 14.2 Å². The Morgan fingerprint density at radius 1 is 1.17 bits per heavy atom. The third-order valence-electron chi connectivity index (χ3n) is 3.58. The molecule has 0 aliphatic heterocycles. The molecule has 2 atom stereocenters. The summed E-state index contributed by atoms with van der Waals surface area (Å²) in [5, 5.41) is 3.32. The van der Waals surface area contributed by atoms with E-state index in [0.29, 0.717) is 6.04 Å². The molecule has 2 unspecified atom stereocenters. The summed E-state index contributed by atoms with van der Waals surface area (Å²) < 4.78 is 5.39. The molecule has 0 aliphatic rings. The quantitative estimate of drug-likeness (QED) is 0.865. The van der Waals surface area contributed by atoms with E-state index in [2.05, 4.69) is 57.3 Å². The molecule has 0 saturated heterocycles. The zero-order valence-electron chi connectivity index (χ0n) is 12.6. The van der Waals surface area contributed by atoms with Crippen LogP contribution in [0.1, 0.15) is 38.8 Å². The van der Waals surface area contributed by atoms with Crippen molar-refractivity contribution in [1.29, 1.82) is 0 Å². The topological polar surface area (TPSA) is 21.3 Å². The lowest BCUT2D eigenvalue weighted by atomic mass is 9.86. The molecule has 0 radical (unpaired) electrons. The van der Waals surface area contributed by atoms with E-state index in [0.717, 1.165) is 6.42 Å². The predicted octanol–water partition coefficient (Wildman–Crippen LogP) is 3.15. The van der Waals surface area contributed by atoms with Crippen LogP contribution in [0.3, 0.4) is 0 Å². The number of ether oxygens (including phenoxy) is 1. The minimum atomic E-state index is 0.220. The van der Waals surface area contributed by atoms with Crippen molar-refractivity contribution in [3.05, 3.63) is 35.4 Å². The molecule has 2 heteroatoms. The van der Waals surface area contributed by atoms with Crippen LogP contribution in [-0.2, 0) is 16.6 Å². The highest BCUT2D eigenvalue weighted by Gasteiger charge is 2.16. The summed E-state index contributed by atoms with van der Waals surface area (Å²) in [6.07, 6.45) is 1.22. The third-order valence-corrected chi connectivity index (χ3v) is 3.58. The molecule has 2 nitrogen and oxygen atoms in total. The van der Waals surface area contributed by atoms with E-state index >= 15 is 0 Å². The van der Waals surface area contributed by atoms with E-state index in [1.165, 1.54) is 11.1 Å². The molecule has 1 rings (SSSR count). The van der Waals surface area contributed by atoms with E-state index in [4.69, 9.17) is 4.74 Å². The van der Waals surface area contributed by atoms with Crippen LogP contribution in [0.25, 0.3) is 0 Å². The lowest BCUT2D eigenvalue weighted by molar-refractivity contribution is 0.0857. The van der Waals surface area contributed by atoms with Crippen LogP contribution < -0.4 is 5.32 Å². The van der Waals surface area contributed by atoms with Crippen molar-refractivity contribution in [1.82, 2.24) is 5.32 Å². The number of methoxy groups -OCH3 is 1. The minimum absolute atomic E-state index is 0.220. The Morgan fingerprint density at radius 2 is 1.72 bits per heavy atom. The number of likely N-dealkylation sites (N-methyl/N-ethyl adjacent to an activating group) is 1. The van der Waals surface area contributed by atoms with Gasteiger partial charge in [-0.05, 0) is 36.9 Å². The first-order chi connectivity index (χ1) is 8.38. The van der Waals surface area contributed by atoms with Crippen LogP contribution in [0.15, 0.2) is 24.3 Å². The van der Waals surface area contributed by atoms with Crippen LogP contribution in [0, 0.1) is 0 Å². The van der Waals surface area contributed by atoms with Gasteiger partial charge in [0.15, 0.2) is 0 Å². The summed E-state index contributed by atoms with van der Waals surface area (Å²) in [4.78, 5) is 0. The second kappa shape index (κ2) is 6.35. The van der Waals surface area contributed by atoms with Gasteiger partial charge in [0, 0.05) is 13.2 Å². The fraction of sp³-hybridized carbons (Fsp3) is 0.625. The van der Waals surface area contributed by atoms with Crippen molar-refractivity contribution >= 4 is 0 Å². The summed E-state index contributed by atoms with van der Waals surface area (Å²) in [6.45, 7) is 8.83. The first-order valence-corrected chi connectivity index (χ1v) is 6.68. The van der Waals surface area contributed by atoms with E-state index in [-0.39, 0.29) is 11.5 Å². The molecule has 0 aliphatic carbocycles. The van der Waals surface area contributed by atoms with Gasteiger partial charge in [-0.3, -0.25) is 0 Å². The standard InChI is InChI=1S/C16H27NO/c1-12(18-6)15(17-5)11-13-7-9-14(10-8-13)16(2,3)4/h7-10,12,15,17H,11H2,1-6H3. The summed E-state index contributed by atoms with van der Waals surface area (Å²) in [7, 11) is 3.75. The third kappa shape index (κ3) is 4.11. The van der Waals surface area contributed by atoms with Gasteiger partial charge in [-0.25, -0.2) is 0 Å². The lowest BCUT2D eigenvalue weighted by Crippen LogP contribution is -2.38. The molecule has 0 bridgehead atoms. The van der Waals surface area contributed by atoms with Gasteiger partial charge in [0.1, 0.15) is 0 Å². The second-order valence-corrected chi connectivity index (χ2v) is 5.99. The molecule has 102 valence electrons. The summed E-state index contributed by atoms with van der Waals surface area (Å²) in [6, 6.07) is 9.29. The summed E-state index contributed by atoms with van der Waals surface area (Å²) in [5.41, 5.74) is 2.96. The maximum absolute atomic E-state index is 5.39. The first-order valence-electron chi connectivity index (χ1n) is 6.68. The molecule has 0 spiro atoms. The van der Waals surface area contributed by atoms with Crippen molar-refractivity contribution in [2.24, 2.45) is 0 Å². The molecule has 0 heterocycles.